The average molecular weight is 248 g/mol. The number of aromatic carboxylic acids is 1. The molecule has 2 aliphatic carbocycles. The lowest BCUT2D eigenvalue weighted by Crippen LogP contribution is -2.10. The topological polar surface area (TPSA) is 67.5 Å². The zero-order valence-corrected chi connectivity index (χ0v) is 10.1. The van der Waals surface area contributed by atoms with Crippen LogP contribution in [0.4, 0.5) is 0 Å². The number of carbonyl (C=O) groups excluding carboxylic acids is 1. The van der Waals surface area contributed by atoms with Gasteiger partial charge in [-0.25, -0.2) is 4.79 Å². The lowest BCUT2D eigenvalue weighted by molar-refractivity contribution is 0.0691. The highest BCUT2D eigenvalue weighted by Crippen LogP contribution is 2.42. The highest BCUT2D eigenvalue weighted by molar-refractivity contribution is 5.99. The number of carboxylic acid groups (broad SMARTS) is 1. The van der Waals surface area contributed by atoms with Crippen molar-refractivity contribution in [3.63, 3.8) is 0 Å². The van der Waals surface area contributed by atoms with Crippen molar-refractivity contribution in [1.29, 1.82) is 0 Å². The molecule has 1 aromatic rings. The van der Waals surface area contributed by atoms with Crippen LogP contribution in [0.3, 0.4) is 0 Å². The van der Waals surface area contributed by atoms with Crippen molar-refractivity contribution in [2.45, 2.75) is 44.4 Å². The fourth-order valence-electron chi connectivity index (χ4n) is 2.57. The molecule has 18 heavy (non-hydrogen) atoms. The van der Waals surface area contributed by atoms with Crippen molar-refractivity contribution in [2.24, 2.45) is 5.92 Å². The number of hydrogen-bond acceptors (Lipinski definition) is 3. The van der Waals surface area contributed by atoms with Gasteiger partial charge in [0.2, 0.25) is 0 Å². The van der Waals surface area contributed by atoms with Gasteiger partial charge >= 0.3 is 5.97 Å². The van der Waals surface area contributed by atoms with E-state index < -0.39 is 5.97 Å². The molecule has 4 nitrogen and oxygen atoms in total. The van der Waals surface area contributed by atoms with Crippen LogP contribution in [0.2, 0.25) is 0 Å². The predicted molar refractivity (Wildman–Crippen MR) is 64.1 cm³/mol. The summed E-state index contributed by atoms with van der Waals surface area (Å²) in [4.78, 5) is 22.5. The summed E-state index contributed by atoms with van der Waals surface area (Å²) >= 11 is 0. The van der Waals surface area contributed by atoms with E-state index in [9.17, 15) is 14.7 Å². The van der Waals surface area contributed by atoms with Gasteiger partial charge in [-0.05, 0) is 31.6 Å². The van der Waals surface area contributed by atoms with E-state index in [1.54, 1.807) is 0 Å². The SMILES string of the molecule is O=Cc1c(C2CCC2)oc(CC2CC2)c1C(=O)O. The van der Waals surface area contributed by atoms with Gasteiger partial charge in [0, 0.05) is 12.3 Å². The Morgan fingerprint density at radius 3 is 2.50 bits per heavy atom. The first-order chi connectivity index (χ1) is 8.70. The Balaban J connectivity index is 2.02. The zero-order chi connectivity index (χ0) is 12.7. The van der Waals surface area contributed by atoms with E-state index in [2.05, 4.69) is 0 Å². The number of carbonyl (C=O) groups is 2. The quantitative estimate of drug-likeness (QED) is 0.813. The molecule has 1 aromatic heterocycles. The van der Waals surface area contributed by atoms with Gasteiger partial charge in [0.15, 0.2) is 6.29 Å². The Kier molecular flexibility index (Phi) is 2.73. The van der Waals surface area contributed by atoms with Crippen molar-refractivity contribution in [2.75, 3.05) is 0 Å². The Hall–Kier alpha value is -1.58. The van der Waals surface area contributed by atoms with Gasteiger partial charge in [0.05, 0.1) is 5.56 Å². The molecular weight excluding hydrogens is 232 g/mol. The van der Waals surface area contributed by atoms with Crippen molar-refractivity contribution < 1.29 is 19.1 Å². The summed E-state index contributed by atoms with van der Waals surface area (Å²) in [5.41, 5.74) is 0.390. The number of rotatable bonds is 5. The van der Waals surface area contributed by atoms with Crippen LogP contribution in [0.15, 0.2) is 4.42 Å². The third-order valence-electron chi connectivity index (χ3n) is 4.03. The van der Waals surface area contributed by atoms with Gasteiger partial charge in [0.1, 0.15) is 17.1 Å². The van der Waals surface area contributed by atoms with E-state index >= 15 is 0 Å². The molecular formula is C14H16O4. The van der Waals surface area contributed by atoms with Crippen LogP contribution in [0.5, 0.6) is 0 Å². The molecule has 0 aromatic carbocycles. The van der Waals surface area contributed by atoms with E-state index in [1.807, 2.05) is 0 Å². The second kappa shape index (κ2) is 4.26. The zero-order valence-electron chi connectivity index (χ0n) is 10.1. The van der Waals surface area contributed by atoms with Crippen molar-refractivity contribution in [1.82, 2.24) is 0 Å². The molecule has 1 heterocycles. The summed E-state index contributed by atoms with van der Waals surface area (Å²) in [7, 11) is 0. The van der Waals surface area contributed by atoms with E-state index in [0.717, 1.165) is 32.1 Å². The molecule has 3 rings (SSSR count). The molecule has 96 valence electrons. The minimum absolute atomic E-state index is 0.110. The summed E-state index contributed by atoms with van der Waals surface area (Å²) in [6.07, 6.45) is 6.70. The molecule has 0 aliphatic heterocycles. The van der Waals surface area contributed by atoms with Crippen LogP contribution in [-0.2, 0) is 6.42 Å². The first-order valence-corrected chi connectivity index (χ1v) is 6.54. The van der Waals surface area contributed by atoms with Crippen molar-refractivity contribution in [3.05, 3.63) is 22.6 Å². The van der Waals surface area contributed by atoms with E-state index in [-0.39, 0.29) is 17.0 Å². The second-order valence-corrected chi connectivity index (χ2v) is 5.38. The van der Waals surface area contributed by atoms with Crippen molar-refractivity contribution in [3.8, 4) is 0 Å². The fraction of sp³-hybridized carbons (Fsp3) is 0.571. The second-order valence-electron chi connectivity index (χ2n) is 5.38. The largest absolute Gasteiger partial charge is 0.478 e. The molecule has 0 atom stereocenters. The van der Waals surface area contributed by atoms with E-state index in [1.165, 1.54) is 0 Å². The minimum atomic E-state index is -1.04. The van der Waals surface area contributed by atoms with Gasteiger partial charge in [-0.3, -0.25) is 4.79 Å². The normalized spacial score (nSPS) is 19.6. The molecule has 0 unspecified atom stereocenters. The molecule has 2 fully saturated rings. The highest BCUT2D eigenvalue weighted by atomic mass is 16.4. The third kappa shape index (κ3) is 1.85. The van der Waals surface area contributed by atoms with Gasteiger partial charge in [-0.15, -0.1) is 0 Å². The highest BCUT2D eigenvalue weighted by Gasteiger charge is 2.34. The van der Waals surface area contributed by atoms with Crippen molar-refractivity contribution >= 4 is 12.3 Å². The van der Waals surface area contributed by atoms with E-state index in [0.29, 0.717) is 30.1 Å². The minimum Gasteiger partial charge on any atom is -0.478 e. The number of aldehydes is 1. The molecule has 0 bridgehead atoms. The molecule has 0 radical (unpaired) electrons. The maximum absolute atomic E-state index is 11.3. The predicted octanol–water partition coefficient (Wildman–Crippen LogP) is 3.01. The maximum atomic E-state index is 11.3. The van der Waals surface area contributed by atoms with Crippen LogP contribution in [0.25, 0.3) is 0 Å². The summed E-state index contributed by atoms with van der Waals surface area (Å²) < 4.78 is 5.74. The first kappa shape index (κ1) is 11.5. The van der Waals surface area contributed by atoms with Crippen LogP contribution in [-0.4, -0.2) is 17.4 Å². The van der Waals surface area contributed by atoms with E-state index in [4.69, 9.17) is 4.42 Å². The molecule has 4 heteroatoms. The number of hydrogen-bond donors (Lipinski definition) is 1. The van der Waals surface area contributed by atoms with Crippen LogP contribution >= 0.6 is 0 Å². The third-order valence-corrected chi connectivity index (χ3v) is 4.03. The lowest BCUT2D eigenvalue weighted by Gasteiger charge is -2.23. The summed E-state index contributed by atoms with van der Waals surface area (Å²) in [5, 5.41) is 9.28. The Labute approximate surface area is 105 Å². The van der Waals surface area contributed by atoms with Crippen LogP contribution in [0.1, 0.15) is 70.3 Å². The Morgan fingerprint density at radius 2 is 2.06 bits per heavy atom. The molecule has 2 saturated carbocycles. The average Bonchev–Trinajstić information content (AvgIpc) is 2.97. The molecule has 0 saturated heterocycles. The Morgan fingerprint density at radius 1 is 1.33 bits per heavy atom. The summed E-state index contributed by atoms with van der Waals surface area (Å²) in [6.45, 7) is 0. The molecule has 0 amide bonds. The van der Waals surface area contributed by atoms with Gasteiger partial charge in [0.25, 0.3) is 0 Å². The molecule has 2 aliphatic rings. The maximum Gasteiger partial charge on any atom is 0.340 e. The van der Waals surface area contributed by atoms with Gasteiger partial charge < -0.3 is 9.52 Å². The number of furan rings is 1. The monoisotopic (exact) mass is 248 g/mol. The summed E-state index contributed by atoms with van der Waals surface area (Å²) in [5.74, 6) is 0.875. The molecule has 0 spiro atoms. The smallest absolute Gasteiger partial charge is 0.340 e. The fourth-order valence-corrected chi connectivity index (χ4v) is 2.57. The Bertz CT molecular complexity index is 492. The molecule has 1 N–H and O–H groups in total. The lowest BCUT2D eigenvalue weighted by atomic mass is 9.82. The number of carboxylic acids is 1. The first-order valence-electron chi connectivity index (χ1n) is 6.54. The van der Waals surface area contributed by atoms with Crippen LogP contribution in [0, 0.1) is 5.92 Å². The summed E-state index contributed by atoms with van der Waals surface area (Å²) in [6, 6.07) is 0. The standard InChI is InChI=1S/C14H16O4/c15-7-10-12(14(16)17)11(6-8-4-5-8)18-13(10)9-2-1-3-9/h7-9H,1-6H2,(H,16,17). The van der Waals surface area contributed by atoms with Crippen LogP contribution < -0.4 is 0 Å². The van der Waals surface area contributed by atoms with Gasteiger partial charge in [-0.1, -0.05) is 6.42 Å². The van der Waals surface area contributed by atoms with Gasteiger partial charge in [-0.2, -0.15) is 0 Å².